The Morgan fingerprint density at radius 3 is 2.78 bits per heavy atom. The van der Waals surface area contributed by atoms with Crippen LogP contribution in [-0.4, -0.2) is 61.6 Å². The third kappa shape index (κ3) is 4.12. The number of thiophene rings is 1. The van der Waals surface area contributed by atoms with Gasteiger partial charge in [0, 0.05) is 27.9 Å². The van der Waals surface area contributed by atoms with Gasteiger partial charge in [0.25, 0.3) is 0 Å². The molecule has 0 aliphatic heterocycles. The van der Waals surface area contributed by atoms with E-state index < -0.39 is 0 Å². The number of benzene rings is 1. The second kappa shape index (κ2) is 8.99. The Kier molecular flexibility index (Phi) is 5.51. The number of nitrogens with zero attached hydrogens (tertiary/aromatic N) is 5. The lowest BCUT2D eigenvalue weighted by molar-refractivity contribution is -0.116. The third-order valence-corrected chi connectivity index (χ3v) is 6.62. The molecule has 0 aliphatic carbocycles. The summed E-state index contributed by atoms with van der Waals surface area (Å²) in [4.78, 5) is 32.6. The first-order valence-electron chi connectivity index (χ1n) is 11.3. The van der Waals surface area contributed by atoms with Crippen LogP contribution in [0.1, 0.15) is 0 Å². The molecule has 0 saturated heterocycles. The van der Waals surface area contributed by atoms with Crippen LogP contribution in [0.4, 0.5) is 5.69 Å². The Balaban J connectivity index is 1.38. The summed E-state index contributed by atoms with van der Waals surface area (Å²) in [6.07, 6.45) is 3.61. The van der Waals surface area contributed by atoms with Crippen molar-refractivity contribution in [1.29, 1.82) is 0 Å². The van der Waals surface area contributed by atoms with Crippen LogP contribution < -0.4 is 5.32 Å². The minimum atomic E-state index is -0.0704. The topological polar surface area (TPSA) is 115 Å². The molecule has 0 fully saturated rings. The van der Waals surface area contributed by atoms with E-state index in [0.717, 1.165) is 43.9 Å². The van der Waals surface area contributed by atoms with E-state index in [-0.39, 0.29) is 5.91 Å². The molecule has 178 valence electrons. The van der Waals surface area contributed by atoms with Gasteiger partial charge in [-0.3, -0.25) is 14.9 Å². The van der Waals surface area contributed by atoms with Crippen molar-refractivity contribution in [2.75, 3.05) is 26.0 Å². The quantitative estimate of drug-likeness (QED) is 0.307. The van der Waals surface area contributed by atoms with Gasteiger partial charge < -0.3 is 15.2 Å². The number of aromatic nitrogens is 6. The van der Waals surface area contributed by atoms with Crippen LogP contribution in [-0.2, 0) is 4.79 Å². The molecule has 1 amide bonds. The summed E-state index contributed by atoms with van der Waals surface area (Å²) in [5.74, 6) is 0.551. The first-order chi connectivity index (χ1) is 17.5. The minimum absolute atomic E-state index is 0.0704. The number of hydrogen-bond acceptors (Lipinski definition) is 7. The molecule has 9 nitrogen and oxygen atoms in total. The highest BCUT2D eigenvalue weighted by Crippen LogP contribution is 2.33. The number of fused-ring (bicyclic) bond motifs is 2. The van der Waals surface area contributed by atoms with Crippen LogP contribution in [0, 0.1) is 0 Å². The molecule has 0 bridgehead atoms. The second-order valence-corrected chi connectivity index (χ2v) is 9.63. The molecule has 10 heteroatoms. The standard InChI is InChI=1S/C26H22N8OS/c1-34(2)14-22(35)28-16-6-3-5-15(11-16)18-8-9-19-24(29-18)25(33-32-19)26-30-20-13-27-12-17(23(20)31-26)21-7-4-10-36-21/h3-13H,14H2,1-2H3,(H,28,35)(H,30,31)(H,32,33). The van der Waals surface area contributed by atoms with Gasteiger partial charge in [-0.25, -0.2) is 9.97 Å². The highest BCUT2D eigenvalue weighted by atomic mass is 32.1. The van der Waals surface area contributed by atoms with Crippen molar-refractivity contribution in [2.24, 2.45) is 0 Å². The smallest absolute Gasteiger partial charge is 0.238 e. The minimum Gasteiger partial charge on any atom is -0.335 e. The number of hydrogen-bond donors (Lipinski definition) is 3. The average Bonchev–Trinajstić information content (AvgIpc) is 3.62. The lowest BCUT2D eigenvalue weighted by Gasteiger charge is -2.11. The number of H-pyrrole nitrogens is 2. The van der Waals surface area contributed by atoms with E-state index in [4.69, 9.17) is 9.97 Å². The largest absolute Gasteiger partial charge is 0.335 e. The zero-order valence-corrected chi connectivity index (χ0v) is 20.4. The molecule has 0 radical (unpaired) electrons. The van der Waals surface area contributed by atoms with Crippen molar-refractivity contribution in [2.45, 2.75) is 0 Å². The number of anilines is 1. The molecule has 0 atom stereocenters. The summed E-state index contributed by atoms with van der Waals surface area (Å²) < 4.78 is 0. The van der Waals surface area contributed by atoms with E-state index in [1.807, 2.05) is 73.0 Å². The van der Waals surface area contributed by atoms with Gasteiger partial charge in [-0.2, -0.15) is 5.10 Å². The Bertz CT molecular complexity index is 1700. The predicted molar refractivity (Wildman–Crippen MR) is 143 cm³/mol. The molecule has 0 saturated carbocycles. The summed E-state index contributed by atoms with van der Waals surface area (Å²) >= 11 is 1.65. The van der Waals surface area contributed by atoms with Crippen LogP contribution in [0.15, 0.2) is 66.3 Å². The molecule has 36 heavy (non-hydrogen) atoms. The maximum Gasteiger partial charge on any atom is 0.238 e. The molecule has 6 rings (SSSR count). The molecule has 0 aliphatic rings. The maximum atomic E-state index is 12.2. The number of imidazole rings is 1. The molecule has 0 spiro atoms. The lowest BCUT2D eigenvalue weighted by atomic mass is 10.1. The first kappa shape index (κ1) is 22.1. The zero-order valence-electron chi connectivity index (χ0n) is 19.6. The lowest BCUT2D eigenvalue weighted by Crippen LogP contribution is -2.27. The fraction of sp³-hybridized carbons (Fsp3) is 0.115. The molecule has 3 N–H and O–H groups in total. The van der Waals surface area contributed by atoms with Crippen molar-refractivity contribution in [3.63, 3.8) is 0 Å². The number of carbonyl (C=O) groups excluding carboxylic acids is 1. The van der Waals surface area contributed by atoms with Gasteiger partial charge in [0.05, 0.1) is 29.5 Å². The third-order valence-electron chi connectivity index (χ3n) is 5.71. The molecule has 6 aromatic rings. The Morgan fingerprint density at radius 1 is 1.03 bits per heavy atom. The Hall–Kier alpha value is -4.41. The molecule has 0 unspecified atom stereocenters. The number of pyridine rings is 2. The summed E-state index contributed by atoms with van der Waals surface area (Å²) in [6.45, 7) is 0.314. The van der Waals surface area contributed by atoms with Crippen LogP contribution >= 0.6 is 11.3 Å². The normalized spacial score (nSPS) is 11.5. The predicted octanol–water partition coefficient (Wildman–Crippen LogP) is 4.79. The summed E-state index contributed by atoms with van der Waals surface area (Å²) in [7, 11) is 3.72. The fourth-order valence-corrected chi connectivity index (χ4v) is 4.86. The van der Waals surface area contributed by atoms with E-state index in [1.165, 1.54) is 0 Å². The van der Waals surface area contributed by atoms with Crippen molar-refractivity contribution in [1.82, 2.24) is 35.0 Å². The van der Waals surface area contributed by atoms with Crippen molar-refractivity contribution >= 4 is 45.0 Å². The number of aromatic amines is 2. The highest BCUT2D eigenvalue weighted by Gasteiger charge is 2.17. The number of rotatable bonds is 6. The van der Waals surface area contributed by atoms with Gasteiger partial charge in [-0.15, -0.1) is 11.3 Å². The fourth-order valence-electron chi connectivity index (χ4n) is 4.13. The van der Waals surface area contributed by atoms with E-state index in [0.29, 0.717) is 23.6 Å². The highest BCUT2D eigenvalue weighted by molar-refractivity contribution is 7.13. The van der Waals surface area contributed by atoms with Crippen LogP contribution in [0.5, 0.6) is 0 Å². The van der Waals surface area contributed by atoms with Crippen molar-refractivity contribution in [3.8, 4) is 33.2 Å². The average molecular weight is 495 g/mol. The SMILES string of the molecule is CN(C)CC(=O)Nc1cccc(-c2ccc3[nH]nc(-c4nc5c(-c6cccs6)cncc5[nH]4)c3n2)c1. The Labute approximate surface area is 210 Å². The summed E-state index contributed by atoms with van der Waals surface area (Å²) in [5, 5.41) is 12.5. The monoisotopic (exact) mass is 494 g/mol. The van der Waals surface area contributed by atoms with Crippen LogP contribution in [0.3, 0.4) is 0 Å². The number of carbonyl (C=O) groups is 1. The maximum absolute atomic E-state index is 12.2. The summed E-state index contributed by atoms with van der Waals surface area (Å²) in [6, 6.07) is 15.6. The first-order valence-corrected chi connectivity index (χ1v) is 12.2. The van der Waals surface area contributed by atoms with Gasteiger partial charge in [-0.1, -0.05) is 18.2 Å². The second-order valence-electron chi connectivity index (χ2n) is 8.68. The van der Waals surface area contributed by atoms with Crippen LogP contribution in [0.2, 0.25) is 0 Å². The Morgan fingerprint density at radius 2 is 1.94 bits per heavy atom. The molecular weight excluding hydrogens is 472 g/mol. The van der Waals surface area contributed by atoms with E-state index in [1.54, 1.807) is 17.5 Å². The van der Waals surface area contributed by atoms with Gasteiger partial charge in [-0.05, 0) is 49.8 Å². The molecule has 5 aromatic heterocycles. The molecule has 1 aromatic carbocycles. The summed E-state index contributed by atoms with van der Waals surface area (Å²) in [5.41, 5.74) is 7.19. The van der Waals surface area contributed by atoms with Gasteiger partial charge in [0.15, 0.2) is 11.5 Å². The number of nitrogens with one attached hydrogen (secondary N) is 3. The molecular formula is C26H22N8OS. The van der Waals surface area contributed by atoms with Crippen LogP contribution in [0.25, 0.3) is 55.3 Å². The number of amides is 1. The molecule has 5 heterocycles. The van der Waals surface area contributed by atoms with E-state index >= 15 is 0 Å². The van der Waals surface area contributed by atoms with E-state index in [9.17, 15) is 4.79 Å². The zero-order chi connectivity index (χ0) is 24.6. The van der Waals surface area contributed by atoms with Crippen molar-refractivity contribution < 1.29 is 4.79 Å². The number of likely N-dealkylation sites (N-methyl/N-ethyl adjacent to an activating group) is 1. The van der Waals surface area contributed by atoms with Gasteiger partial charge in [0.1, 0.15) is 11.0 Å². The van der Waals surface area contributed by atoms with E-state index in [2.05, 4.69) is 31.5 Å². The van der Waals surface area contributed by atoms with Crippen molar-refractivity contribution in [3.05, 3.63) is 66.3 Å². The van der Waals surface area contributed by atoms with Gasteiger partial charge in [0.2, 0.25) is 5.91 Å². The van der Waals surface area contributed by atoms with Gasteiger partial charge >= 0.3 is 0 Å².